The second-order valence-corrected chi connectivity index (χ2v) is 5.36. The summed E-state index contributed by atoms with van der Waals surface area (Å²) in [7, 11) is 0. The molecule has 138 valence electrons. The highest BCUT2D eigenvalue weighted by molar-refractivity contribution is 5.69. The zero-order chi connectivity index (χ0) is 18.8. The Balaban J connectivity index is 1.85. The summed E-state index contributed by atoms with van der Waals surface area (Å²) in [5.74, 6) is 0.500. The first kappa shape index (κ1) is 19.3. The third-order valence-corrected chi connectivity index (χ3v) is 3.47. The Morgan fingerprint density at radius 2 is 1.27 bits per heavy atom. The standard InChI is InChI=1S/C20H22O6/c1-3-19(21)24-14-13-23-17-9-5-15(6-10-17)16-7-11-18(12-8-16)25-26-20(22)4-2/h5-12H,3-4,13-14H2,1-2H3. The van der Waals surface area contributed by atoms with Crippen LogP contribution in [0.2, 0.25) is 0 Å². The molecule has 6 heteroatoms. The van der Waals surface area contributed by atoms with Gasteiger partial charge >= 0.3 is 11.9 Å². The normalized spacial score (nSPS) is 10.1. The number of esters is 1. The van der Waals surface area contributed by atoms with E-state index in [9.17, 15) is 9.59 Å². The molecule has 0 heterocycles. The number of ether oxygens (including phenoxy) is 2. The van der Waals surface area contributed by atoms with Crippen molar-refractivity contribution in [1.82, 2.24) is 0 Å². The van der Waals surface area contributed by atoms with E-state index in [1.54, 1.807) is 26.0 Å². The quantitative estimate of drug-likeness (QED) is 0.293. The number of hydrogen-bond donors (Lipinski definition) is 0. The van der Waals surface area contributed by atoms with Crippen molar-refractivity contribution < 1.29 is 28.8 Å². The first-order valence-electron chi connectivity index (χ1n) is 8.48. The van der Waals surface area contributed by atoms with E-state index in [0.29, 0.717) is 24.5 Å². The minimum absolute atomic E-state index is 0.235. The molecule has 0 aliphatic carbocycles. The fourth-order valence-corrected chi connectivity index (χ4v) is 2.02. The second-order valence-electron chi connectivity index (χ2n) is 5.36. The maximum absolute atomic E-state index is 11.1. The van der Waals surface area contributed by atoms with Gasteiger partial charge in [-0.3, -0.25) is 14.6 Å². The smallest absolute Gasteiger partial charge is 0.355 e. The van der Waals surface area contributed by atoms with Crippen LogP contribution in [0.1, 0.15) is 26.7 Å². The average Bonchev–Trinajstić information content (AvgIpc) is 2.70. The summed E-state index contributed by atoms with van der Waals surface area (Å²) in [5, 5.41) is 0. The summed E-state index contributed by atoms with van der Waals surface area (Å²) >= 11 is 0. The molecule has 0 aliphatic heterocycles. The lowest BCUT2D eigenvalue weighted by Gasteiger charge is -2.08. The summed E-state index contributed by atoms with van der Waals surface area (Å²) in [6, 6.07) is 14.8. The van der Waals surface area contributed by atoms with Gasteiger partial charge < -0.3 is 9.47 Å². The van der Waals surface area contributed by atoms with Crippen molar-refractivity contribution in [1.29, 1.82) is 0 Å². The SMILES string of the molecule is CCC(=O)OCCOc1ccc(-c2ccc(OOC(=O)CC)cc2)cc1. The van der Waals surface area contributed by atoms with Gasteiger partial charge in [0.05, 0.1) is 0 Å². The van der Waals surface area contributed by atoms with Crippen LogP contribution < -0.4 is 9.62 Å². The Labute approximate surface area is 152 Å². The first-order valence-corrected chi connectivity index (χ1v) is 8.48. The third-order valence-electron chi connectivity index (χ3n) is 3.47. The van der Waals surface area contributed by atoms with Crippen molar-refractivity contribution in [3.63, 3.8) is 0 Å². The van der Waals surface area contributed by atoms with Gasteiger partial charge in [0.25, 0.3) is 0 Å². The molecular formula is C20H22O6. The van der Waals surface area contributed by atoms with Crippen molar-refractivity contribution in [2.45, 2.75) is 26.7 Å². The Kier molecular flexibility index (Phi) is 7.49. The predicted octanol–water partition coefficient (Wildman–Crippen LogP) is 3.93. The molecule has 26 heavy (non-hydrogen) atoms. The van der Waals surface area contributed by atoms with E-state index in [1.165, 1.54) is 0 Å². The molecule has 0 spiro atoms. The minimum atomic E-state index is -0.422. The largest absolute Gasteiger partial charge is 0.490 e. The lowest BCUT2D eigenvalue weighted by atomic mass is 10.1. The van der Waals surface area contributed by atoms with Crippen LogP contribution in [0.4, 0.5) is 0 Å². The van der Waals surface area contributed by atoms with Crippen molar-refractivity contribution in [2.24, 2.45) is 0 Å². The molecule has 0 aromatic heterocycles. The molecule has 0 amide bonds. The van der Waals surface area contributed by atoms with E-state index < -0.39 is 5.97 Å². The zero-order valence-electron chi connectivity index (χ0n) is 14.9. The Morgan fingerprint density at radius 1 is 0.731 bits per heavy atom. The highest BCUT2D eigenvalue weighted by atomic mass is 17.2. The summed E-state index contributed by atoms with van der Waals surface area (Å²) < 4.78 is 10.5. The van der Waals surface area contributed by atoms with E-state index in [-0.39, 0.29) is 19.0 Å². The maximum atomic E-state index is 11.1. The van der Waals surface area contributed by atoms with Crippen LogP contribution in [0.5, 0.6) is 11.5 Å². The maximum Gasteiger partial charge on any atom is 0.355 e. The van der Waals surface area contributed by atoms with Gasteiger partial charge in [-0.25, -0.2) is 4.79 Å². The van der Waals surface area contributed by atoms with Gasteiger partial charge in [0.1, 0.15) is 19.0 Å². The summed E-state index contributed by atoms with van der Waals surface area (Å²) in [4.78, 5) is 31.7. The van der Waals surface area contributed by atoms with Gasteiger partial charge in [-0.15, -0.1) is 0 Å². The van der Waals surface area contributed by atoms with E-state index in [1.807, 2.05) is 36.4 Å². The fraction of sp³-hybridized carbons (Fsp3) is 0.300. The molecule has 0 atom stereocenters. The predicted molar refractivity (Wildman–Crippen MR) is 95.6 cm³/mol. The van der Waals surface area contributed by atoms with Crippen LogP contribution in [0.15, 0.2) is 48.5 Å². The average molecular weight is 358 g/mol. The fourth-order valence-electron chi connectivity index (χ4n) is 2.02. The molecule has 0 saturated carbocycles. The summed E-state index contributed by atoms with van der Waals surface area (Å²) in [6.45, 7) is 3.99. The monoisotopic (exact) mass is 358 g/mol. The van der Waals surface area contributed by atoms with Crippen LogP contribution in [0.3, 0.4) is 0 Å². The molecule has 0 unspecified atom stereocenters. The molecule has 0 bridgehead atoms. The lowest BCUT2D eigenvalue weighted by molar-refractivity contribution is -0.213. The highest BCUT2D eigenvalue weighted by Gasteiger charge is 2.04. The molecule has 0 saturated heterocycles. The van der Waals surface area contributed by atoms with Gasteiger partial charge in [0.15, 0.2) is 5.75 Å². The van der Waals surface area contributed by atoms with Gasteiger partial charge in [-0.1, -0.05) is 38.1 Å². The Morgan fingerprint density at radius 3 is 1.81 bits per heavy atom. The number of carbonyl (C=O) groups is 2. The van der Waals surface area contributed by atoms with Crippen molar-refractivity contribution >= 4 is 11.9 Å². The van der Waals surface area contributed by atoms with Crippen LogP contribution in [0.25, 0.3) is 11.1 Å². The van der Waals surface area contributed by atoms with Crippen molar-refractivity contribution in [2.75, 3.05) is 13.2 Å². The number of rotatable bonds is 9. The van der Waals surface area contributed by atoms with E-state index in [4.69, 9.17) is 14.4 Å². The van der Waals surface area contributed by atoms with E-state index >= 15 is 0 Å². The Bertz CT molecular complexity index is 706. The zero-order valence-corrected chi connectivity index (χ0v) is 14.9. The van der Waals surface area contributed by atoms with Gasteiger partial charge in [0.2, 0.25) is 0 Å². The number of hydrogen-bond acceptors (Lipinski definition) is 6. The van der Waals surface area contributed by atoms with Gasteiger partial charge in [-0.05, 0) is 35.4 Å². The van der Waals surface area contributed by atoms with Gasteiger partial charge in [0, 0.05) is 12.8 Å². The van der Waals surface area contributed by atoms with Crippen LogP contribution >= 0.6 is 0 Å². The van der Waals surface area contributed by atoms with Crippen molar-refractivity contribution in [3.8, 4) is 22.6 Å². The molecule has 2 aromatic carbocycles. The molecule has 0 fully saturated rings. The first-order chi connectivity index (χ1) is 12.6. The molecule has 0 N–H and O–H groups in total. The third kappa shape index (κ3) is 6.12. The number of benzene rings is 2. The number of carbonyl (C=O) groups excluding carboxylic acids is 2. The van der Waals surface area contributed by atoms with Crippen LogP contribution in [-0.4, -0.2) is 25.2 Å². The molecule has 2 aromatic rings. The molecule has 0 radical (unpaired) electrons. The topological polar surface area (TPSA) is 71.1 Å². The molecule has 6 nitrogen and oxygen atoms in total. The van der Waals surface area contributed by atoms with E-state index in [0.717, 1.165) is 11.1 Å². The van der Waals surface area contributed by atoms with E-state index in [2.05, 4.69) is 4.89 Å². The molecular weight excluding hydrogens is 336 g/mol. The van der Waals surface area contributed by atoms with Crippen LogP contribution in [0, 0.1) is 0 Å². The summed E-state index contributed by atoms with van der Waals surface area (Å²) in [6.07, 6.45) is 0.618. The highest BCUT2D eigenvalue weighted by Crippen LogP contribution is 2.24. The van der Waals surface area contributed by atoms with Gasteiger partial charge in [-0.2, -0.15) is 0 Å². The minimum Gasteiger partial charge on any atom is -0.490 e. The Hall–Kier alpha value is -3.02. The second kappa shape index (κ2) is 10.1. The summed E-state index contributed by atoms with van der Waals surface area (Å²) in [5.41, 5.74) is 1.99. The van der Waals surface area contributed by atoms with Crippen molar-refractivity contribution in [3.05, 3.63) is 48.5 Å². The molecule has 2 rings (SSSR count). The molecule has 0 aliphatic rings. The van der Waals surface area contributed by atoms with Crippen LogP contribution in [-0.2, 0) is 19.2 Å². The lowest BCUT2D eigenvalue weighted by Crippen LogP contribution is -2.11.